The molecular weight excluding hydrogens is 424 g/mol. The van der Waals surface area contributed by atoms with Gasteiger partial charge in [0.1, 0.15) is 19.8 Å². The normalized spacial score (nSPS) is 12.7. The summed E-state index contributed by atoms with van der Waals surface area (Å²) in [4.78, 5) is 12.8. The molecule has 1 amide bonds. The van der Waals surface area contributed by atoms with Gasteiger partial charge in [-0.2, -0.15) is 0 Å². The van der Waals surface area contributed by atoms with Gasteiger partial charge in [0.2, 0.25) is 11.8 Å². The highest BCUT2D eigenvalue weighted by Crippen LogP contribution is 2.33. The molecule has 3 aromatic heterocycles. The van der Waals surface area contributed by atoms with Crippen molar-refractivity contribution < 1.29 is 23.1 Å². The van der Waals surface area contributed by atoms with Crippen LogP contribution >= 0.6 is 0 Å². The van der Waals surface area contributed by atoms with Crippen LogP contribution in [0.15, 0.2) is 75.9 Å². The summed E-state index contributed by atoms with van der Waals surface area (Å²) in [6, 6.07) is 16.6. The minimum Gasteiger partial charge on any atom is -0.486 e. The van der Waals surface area contributed by atoms with Gasteiger partial charge in [-0.3, -0.25) is 4.79 Å². The zero-order chi connectivity index (χ0) is 22.2. The van der Waals surface area contributed by atoms with E-state index in [1.54, 1.807) is 36.6 Å². The predicted molar refractivity (Wildman–Crippen MR) is 119 cm³/mol. The second-order valence-corrected chi connectivity index (χ2v) is 7.48. The highest BCUT2D eigenvalue weighted by atomic mass is 16.6. The molecule has 0 atom stereocenters. The first-order valence-corrected chi connectivity index (χ1v) is 10.4. The molecule has 9 nitrogen and oxygen atoms in total. The first-order chi connectivity index (χ1) is 16.2. The third-order valence-electron chi connectivity index (χ3n) is 5.32. The van der Waals surface area contributed by atoms with Crippen molar-refractivity contribution in [2.45, 2.75) is 6.54 Å². The molecule has 9 heteroatoms. The lowest BCUT2D eigenvalue weighted by Gasteiger charge is -2.19. The molecule has 0 fully saturated rings. The number of hydrogen-bond donors (Lipinski definition) is 1. The van der Waals surface area contributed by atoms with Crippen LogP contribution < -0.4 is 14.8 Å². The number of fused-ring (bicyclic) bond motifs is 2. The highest BCUT2D eigenvalue weighted by Gasteiger charge is 2.19. The van der Waals surface area contributed by atoms with Gasteiger partial charge in [-0.25, -0.2) is 0 Å². The van der Waals surface area contributed by atoms with E-state index in [0.717, 1.165) is 16.5 Å². The lowest BCUT2D eigenvalue weighted by atomic mass is 10.2. The number of nitrogens with zero attached hydrogens (tertiary/aromatic N) is 3. The summed E-state index contributed by atoms with van der Waals surface area (Å²) >= 11 is 0. The van der Waals surface area contributed by atoms with Gasteiger partial charge in [0, 0.05) is 28.9 Å². The number of rotatable bonds is 5. The smallest absolute Gasteiger partial charge is 0.283 e. The quantitative estimate of drug-likeness (QED) is 0.431. The Morgan fingerprint density at radius 1 is 0.970 bits per heavy atom. The number of furan rings is 1. The zero-order valence-electron chi connectivity index (χ0n) is 17.4. The molecule has 1 aliphatic heterocycles. The molecule has 0 saturated carbocycles. The lowest BCUT2D eigenvalue weighted by Crippen LogP contribution is -2.19. The Morgan fingerprint density at radius 2 is 1.82 bits per heavy atom. The standard InChI is InChI=1S/C24H18N4O5/c29-22(25-15-7-8-19-21(12-15)32-11-10-31-19)14-28-13-17(16-4-1-2-5-18(16)28)23-26-27-24(33-23)20-6-3-9-30-20/h1-9,12-13H,10-11,14H2,(H,25,29). The summed E-state index contributed by atoms with van der Waals surface area (Å²) in [5.74, 6) is 2.26. The summed E-state index contributed by atoms with van der Waals surface area (Å²) in [6.07, 6.45) is 3.39. The fourth-order valence-electron chi connectivity index (χ4n) is 3.86. The van der Waals surface area contributed by atoms with Gasteiger partial charge < -0.3 is 28.2 Å². The van der Waals surface area contributed by atoms with Crippen LogP contribution in [0.2, 0.25) is 0 Å². The van der Waals surface area contributed by atoms with Crippen LogP contribution in [0.3, 0.4) is 0 Å². The molecule has 0 unspecified atom stereocenters. The average molecular weight is 442 g/mol. The SMILES string of the molecule is O=C(Cn1cc(-c2nnc(-c3ccco3)o2)c2ccccc21)Nc1ccc2c(c1)OCCO2. The molecule has 0 radical (unpaired) electrons. The van der Waals surface area contributed by atoms with E-state index < -0.39 is 0 Å². The van der Waals surface area contributed by atoms with E-state index in [2.05, 4.69) is 15.5 Å². The summed E-state index contributed by atoms with van der Waals surface area (Å²) in [5.41, 5.74) is 2.26. The number of benzene rings is 2. The number of anilines is 1. The number of aromatic nitrogens is 3. The van der Waals surface area contributed by atoms with Crippen LogP contribution in [-0.4, -0.2) is 33.9 Å². The van der Waals surface area contributed by atoms with E-state index in [9.17, 15) is 4.79 Å². The van der Waals surface area contributed by atoms with E-state index in [1.165, 1.54) is 0 Å². The Balaban J connectivity index is 1.27. The monoisotopic (exact) mass is 442 g/mol. The van der Waals surface area contributed by atoms with Crippen LogP contribution in [0.5, 0.6) is 11.5 Å². The van der Waals surface area contributed by atoms with E-state index >= 15 is 0 Å². The maximum absolute atomic E-state index is 12.8. The maximum atomic E-state index is 12.8. The third-order valence-corrected chi connectivity index (χ3v) is 5.32. The first-order valence-electron chi connectivity index (χ1n) is 10.4. The van der Waals surface area contributed by atoms with E-state index in [4.69, 9.17) is 18.3 Å². The largest absolute Gasteiger partial charge is 0.486 e. The molecule has 4 heterocycles. The molecule has 0 saturated heterocycles. The Bertz CT molecular complexity index is 1450. The van der Waals surface area contributed by atoms with Gasteiger partial charge in [0.05, 0.1) is 11.8 Å². The summed E-state index contributed by atoms with van der Waals surface area (Å²) in [6.45, 7) is 1.11. The molecule has 0 aliphatic carbocycles. The van der Waals surface area contributed by atoms with Crippen molar-refractivity contribution in [3.05, 3.63) is 67.1 Å². The van der Waals surface area contributed by atoms with Crippen LogP contribution in [0.25, 0.3) is 34.0 Å². The first kappa shape index (κ1) is 19.2. The number of carbonyl (C=O) groups excluding carboxylic acids is 1. The lowest BCUT2D eigenvalue weighted by molar-refractivity contribution is -0.116. The van der Waals surface area contributed by atoms with Gasteiger partial charge in [-0.15, -0.1) is 10.2 Å². The zero-order valence-corrected chi connectivity index (χ0v) is 17.4. The fraction of sp³-hybridized carbons (Fsp3) is 0.125. The highest BCUT2D eigenvalue weighted by molar-refractivity contribution is 5.96. The van der Waals surface area contributed by atoms with Crippen molar-refractivity contribution in [3.8, 4) is 34.6 Å². The van der Waals surface area contributed by atoms with Crippen molar-refractivity contribution in [1.29, 1.82) is 0 Å². The number of hydrogen-bond acceptors (Lipinski definition) is 7. The summed E-state index contributed by atoms with van der Waals surface area (Å²) < 4.78 is 24.1. The third kappa shape index (κ3) is 3.59. The maximum Gasteiger partial charge on any atom is 0.283 e. The Morgan fingerprint density at radius 3 is 2.70 bits per heavy atom. The molecular formula is C24H18N4O5. The Hall–Kier alpha value is -4.53. The molecule has 6 rings (SSSR count). The van der Waals surface area contributed by atoms with Gasteiger partial charge in [-0.1, -0.05) is 18.2 Å². The molecule has 2 aromatic carbocycles. The van der Waals surface area contributed by atoms with Crippen molar-refractivity contribution in [3.63, 3.8) is 0 Å². The molecule has 164 valence electrons. The number of carbonyl (C=O) groups is 1. The fourth-order valence-corrected chi connectivity index (χ4v) is 3.86. The van der Waals surface area contributed by atoms with Crippen LogP contribution in [0.1, 0.15) is 0 Å². The molecule has 5 aromatic rings. The number of ether oxygens (including phenoxy) is 2. The van der Waals surface area contributed by atoms with Crippen molar-refractivity contribution >= 4 is 22.5 Å². The van der Waals surface area contributed by atoms with Gasteiger partial charge >= 0.3 is 0 Å². The van der Waals surface area contributed by atoms with Gasteiger partial charge in [0.25, 0.3) is 5.89 Å². The Labute approximate surface area is 187 Å². The average Bonchev–Trinajstić information content (AvgIpc) is 3.59. The van der Waals surface area contributed by atoms with Crippen LogP contribution in [0, 0.1) is 0 Å². The number of para-hydroxylation sites is 1. The van der Waals surface area contributed by atoms with E-state index in [0.29, 0.717) is 47.9 Å². The van der Waals surface area contributed by atoms with E-state index in [1.807, 2.05) is 35.0 Å². The number of amides is 1. The number of nitrogens with one attached hydrogen (secondary N) is 1. The second kappa shape index (κ2) is 7.86. The molecule has 0 bridgehead atoms. The predicted octanol–water partition coefficient (Wildman–Crippen LogP) is 4.36. The topological polar surface area (TPSA) is 105 Å². The second-order valence-electron chi connectivity index (χ2n) is 7.48. The Kier molecular flexibility index (Phi) is 4.57. The van der Waals surface area contributed by atoms with E-state index in [-0.39, 0.29) is 12.5 Å². The van der Waals surface area contributed by atoms with Crippen molar-refractivity contribution in [1.82, 2.24) is 14.8 Å². The van der Waals surface area contributed by atoms with Crippen molar-refractivity contribution in [2.75, 3.05) is 18.5 Å². The minimum absolute atomic E-state index is 0.105. The van der Waals surface area contributed by atoms with Gasteiger partial charge in [-0.05, 0) is 30.3 Å². The molecule has 0 spiro atoms. The van der Waals surface area contributed by atoms with Crippen LogP contribution in [0.4, 0.5) is 5.69 Å². The molecule has 1 N–H and O–H groups in total. The summed E-state index contributed by atoms with van der Waals surface area (Å²) in [7, 11) is 0. The van der Waals surface area contributed by atoms with Crippen molar-refractivity contribution in [2.24, 2.45) is 0 Å². The molecule has 33 heavy (non-hydrogen) atoms. The summed E-state index contributed by atoms with van der Waals surface area (Å²) in [5, 5.41) is 12.1. The minimum atomic E-state index is -0.180. The van der Waals surface area contributed by atoms with Crippen LogP contribution in [-0.2, 0) is 11.3 Å². The molecule has 1 aliphatic rings. The van der Waals surface area contributed by atoms with Gasteiger partial charge in [0.15, 0.2) is 17.3 Å².